The van der Waals surface area contributed by atoms with Crippen molar-refractivity contribution in [1.82, 2.24) is 5.32 Å². The fourth-order valence-corrected chi connectivity index (χ4v) is 6.11. The summed E-state index contributed by atoms with van der Waals surface area (Å²) in [6, 6.07) is 14.0. The van der Waals surface area contributed by atoms with Gasteiger partial charge in [0.15, 0.2) is 5.54 Å². The zero-order chi connectivity index (χ0) is 28.5. The molecule has 2 N–H and O–H groups in total. The number of nitriles is 1. The van der Waals surface area contributed by atoms with Gasteiger partial charge in [-0.3, -0.25) is 10.1 Å². The Labute approximate surface area is 223 Å². The Morgan fingerprint density at radius 1 is 0.897 bits per heavy atom. The first-order valence-electron chi connectivity index (χ1n) is 11.2. The molecule has 12 nitrogen and oxygen atoms in total. The molecule has 1 unspecified atom stereocenters. The summed E-state index contributed by atoms with van der Waals surface area (Å²) in [6.45, 7) is 0. The second kappa shape index (κ2) is 10.1. The lowest BCUT2D eigenvalue weighted by atomic mass is 9.82. The molecule has 0 spiro atoms. The van der Waals surface area contributed by atoms with Gasteiger partial charge < -0.3 is 24.1 Å². The molecule has 2 amide bonds. The summed E-state index contributed by atoms with van der Waals surface area (Å²) < 4.78 is 49.9. The van der Waals surface area contributed by atoms with Crippen molar-refractivity contribution in [2.45, 2.75) is 10.4 Å². The Kier molecular flexibility index (Phi) is 6.99. The van der Waals surface area contributed by atoms with E-state index < -0.39 is 27.6 Å². The van der Waals surface area contributed by atoms with Crippen molar-refractivity contribution in [1.29, 1.82) is 5.26 Å². The summed E-state index contributed by atoms with van der Waals surface area (Å²) in [5.74, 6) is -0.686. The minimum absolute atomic E-state index is 0.0486. The van der Waals surface area contributed by atoms with Crippen LogP contribution in [0.15, 0.2) is 59.5 Å². The number of anilines is 1. The van der Waals surface area contributed by atoms with E-state index in [9.17, 15) is 28.4 Å². The lowest BCUT2D eigenvalue weighted by molar-refractivity contribution is -0.121. The number of carboxylic acid groups (broad SMARTS) is 1. The van der Waals surface area contributed by atoms with Gasteiger partial charge in [-0.05, 0) is 48.5 Å². The topological polar surface area (TPSA) is 164 Å². The molecule has 39 heavy (non-hydrogen) atoms. The van der Waals surface area contributed by atoms with Gasteiger partial charge in [-0.25, -0.2) is 13.2 Å². The van der Waals surface area contributed by atoms with Crippen molar-refractivity contribution in [3.05, 3.63) is 71.3 Å². The number of nitrogens with zero attached hydrogens (tertiary/aromatic N) is 2. The highest BCUT2D eigenvalue weighted by atomic mass is 32.2. The fraction of sp³-hybridized carbons (Fsp3) is 0.192. The van der Waals surface area contributed by atoms with Crippen LogP contribution in [0.5, 0.6) is 23.0 Å². The molecule has 0 radical (unpaired) electrons. The standard InChI is InChI=1S/C26H23N3O9S/c1-35-16-6-9-21(37-3)19(12-16)26(28-25(31)32)18-11-15(14-27)5-8-20(18)29(24(26)30)39(33,34)23-10-7-17(36-2)13-22(23)38-4/h5-13,28H,1-4H3,(H,31,32). The van der Waals surface area contributed by atoms with E-state index in [4.69, 9.17) is 18.9 Å². The molecule has 13 heteroatoms. The van der Waals surface area contributed by atoms with Crippen LogP contribution in [-0.4, -0.2) is 54.0 Å². The van der Waals surface area contributed by atoms with E-state index in [-0.39, 0.29) is 44.5 Å². The number of methoxy groups -OCH3 is 4. The number of carbonyl (C=O) groups is 2. The third kappa shape index (κ3) is 4.20. The Balaban J connectivity index is 2.10. The van der Waals surface area contributed by atoms with Crippen molar-refractivity contribution in [2.75, 3.05) is 32.7 Å². The Morgan fingerprint density at radius 3 is 2.13 bits per heavy atom. The van der Waals surface area contributed by atoms with Gasteiger partial charge in [0, 0.05) is 17.2 Å². The maximum absolute atomic E-state index is 14.4. The molecular weight excluding hydrogens is 530 g/mol. The first kappa shape index (κ1) is 27.1. The molecule has 1 aliphatic rings. The molecule has 4 rings (SSSR count). The van der Waals surface area contributed by atoms with E-state index in [1.165, 1.54) is 83.0 Å². The first-order chi connectivity index (χ1) is 18.6. The average Bonchev–Trinajstić information content (AvgIpc) is 3.19. The number of sulfonamides is 1. The quantitative estimate of drug-likeness (QED) is 0.424. The number of carbonyl (C=O) groups excluding carboxylic acids is 1. The lowest BCUT2D eigenvalue weighted by Gasteiger charge is -2.30. The molecule has 202 valence electrons. The van der Waals surface area contributed by atoms with Crippen LogP contribution in [0.3, 0.4) is 0 Å². The van der Waals surface area contributed by atoms with Crippen molar-refractivity contribution >= 4 is 27.7 Å². The average molecular weight is 554 g/mol. The first-order valence-corrected chi connectivity index (χ1v) is 12.6. The van der Waals surface area contributed by atoms with Crippen molar-refractivity contribution < 1.29 is 42.1 Å². The lowest BCUT2D eigenvalue weighted by Crippen LogP contribution is -2.54. The van der Waals surface area contributed by atoms with Gasteiger partial charge in [-0.15, -0.1) is 0 Å². The van der Waals surface area contributed by atoms with Crippen LogP contribution < -0.4 is 28.6 Å². The van der Waals surface area contributed by atoms with Crippen LogP contribution in [0, 0.1) is 11.3 Å². The Bertz CT molecular complexity index is 1630. The van der Waals surface area contributed by atoms with Gasteiger partial charge in [0.25, 0.3) is 15.9 Å². The molecule has 3 aromatic carbocycles. The smallest absolute Gasteiger partial charge is 0.406 e. The van der Waals surface area contributed by atoms with E-state index in [1.54, 1.807) is 0 Å². The third-order valence-corrected chi connectivity index (χ3v) is 7.98. The number of ether oxygens (including phenoxy) is 4. The van der Waals surface area contributed by atoms with E-state index in [2.05, 4.69) is 5.32 Å². The number of benzene rings is 3. The number of nitrogens with one attached hydrogen (secondary N) is 1. The summed E-state index contributed by atoms with van der Waals surface area (Å²) >= 11 is 0. The van der Waals surface area contributed by atoms with Gasteiger partial charge >= 0.3 is 6.09 Å². The van der Waals surface area contributed by atoms with Crippen LogP contribution in [0.1, 0.15) is 16.7 Å². The van der Waals surface area contributed by atoms with E-state index in [0.29, 0.717) is 10.1 Å². The Hall–Kier alpha value is -4.96. The highest BCUT2D eigenvalue weighted by molar-refractivity contribution is 7.93. The summed E-state index contributed by atoms with van der Waals surface area (Å²) in [6.07, 6.45) is -1.64. The second-order valence-electron chi connectivity index (χ2n) is 8.18. The summed E-state index contributed by atoms with van der Waals surface area (Å²) in [4.78, 5) is 26.2. The molecule has 1 heterocycles. The maximum atomic E-state index is 14.4. The van der Waals surface area contributed by atoms with Crippen LogP contribution in [0.2, 0.25) is 0 Å². The van der Waals surface area contributed by atoms with Crippen molar-refractivity contribution in [3.8, 4) is 29.1 Å². The molecule has 0 aliphatic carbocycles. The molecule has 0 saturated carbocycles. The molecule has 1 atom stereocenters. The second-order valence-corrected chi connectivity index (χ2v) is 9.94. The molecule has 0 aromatic heterocycles. The maximum Gasteiger partial charge on any atom is 0.406 e. The van der Waals surface area contributed by atoms with Crippen LogP contribution in [-0.2, 0) is 20.4 Å². The molecular formula is C26H23N3O9S. The number of hydrogen-bond acceptors (Lipinski definition) is 9. The van der Waals surface area contributed by atoms with E-state index >= 15 is 0 Å². The highest BCUT2D eigenvalue weighted by Gasteiger charge is 2.59. The fourth-order valence-electron chi connectivity index (χ4n) is 4.50. The normalized spacial score (nSPS) is 16.2. The van der Waals surface area contributed by atoms with Crippen LogP contribution >= 0.6 is 0 Å². The van der Waals surface area contributed by atoms with Gasteiger partial charge in [0.2, 0.25) is 0 Å². The number of fused-ring (bicyclic) bond motifs is 1. The number of hydrogen-bond donors (Lipinski definition) is 2. The molecule has 3 aromatic rings. The van der Waals surface area contributed by atoms with Gasteiger partial charge in [-0.1, -0.05) is 0 Å². The largest absolute Gasteiger partial charge is 0.497 e. The zero-order valence-corrected chi connectivity index (χ0v) is 22.0. The predicted octanol–water partition coefficient (Wildman–Crippen LogP) is 2.84. The highest BCUT2D eigenvalue weighted by Crippen LogP contribution is 2.50. The van der Waals surface area contributed by atoms with Gasteiger partial charge in [-0.2, -0.15) is 9.57 Å². The van der Waals surface area contributed by atoms with Crippen molar-refractivity contribution in [2.24, 2.45) is 0 Å². The monoisotopic (exact) mass is 553 g/mol. The van der Waals surface area contributed by atoms with E-state index in [1.807, 2.05) is 6.07 Å². The van der Waals surface area contributed by atoms with Crippen LogP contribution in [0.25, 0.3) is 0 Å². The number of amides is 2. The summed E-state index contributed by atoms with van der Waals surface area (Å²) in [7, 11) is 0.600. The van der Waals surface area contributed by atoms with Gasteiger partial charge in [0.05, 0.1) is 45.8 Å². The molecule has 0 saturated heterocycles. The van der Waals surface area contributed by atoms with Gasteiger partial charge in [0.1, 0.15) is 27.9 Å². The van der Waals surface area contributed by atoms with E-state index in [0.717, 1.165) is 0 Å². The third-order valence-electron chi connectivity index (χ3n) is 6.25. The summed E-state index contributed by atoms with van der Waals surface area (Å²) in [5.41, 5.74) is -2.61. The zero-order valence-electron chi connectivity index (χ0n) is 21.2. The Morgan fingerprint density at radius 2 is 1.54 bits per heavy atom. The molecule has 0 fully saturated rings. The summed E-state index contributed by atoms with van der Waals surface area (Å²) in [5, 5.41) is 21.7. The molecule has 0 bridgehead atoms. The van der Waals surface area contributed by atoms with Crippen molar-refractivity contribution in [3.63, 3.8) is 0 Å². The minimum Gasteiger partial charge on any atom is -0.497 e. The predicted molar refractivity (Wildman–Crippen MR) is 137 cm³/mol. The molecule has 1 aliphatic heterocycles. The number of rotatable bonds is 8. The minimum atomic E-state index is -4.72. The SMILES string of the molecule is COc1ccc(S(=O)(=O)N2C(=O)C(NC(=O)O)(c3cc(OC)ccc3OC)c3cc(C#N)ccc32)c(OC)c1. The van der Waals surface area contributed by atoms with Crippen LogP contribution in [0.4, 0.5) is 10.5 Å².